The molecule has 0 aliphatic carbocycles. The molecular formula is C14H29FN2+2. The molecule has 0 spiro atoms. The Morgan fingerprint density at radius 3 is 1.88 bits per heavy atom. The monoisotopic (exact) mass is 244 g/mol. The lowest BCUT2D eigenvalue weighted by atomic mass is 10.1. The molecule has 0 N–H and O–H groups in total. The molecule has 2 bridgehead atoms. The van der Waals surface area contributed by atoms with Gasteiger partial charge in [0, 0.05) is 0 Å². The minimum absolute atomic E-state index is 0.128. The van der Waals surface area contributed by atoms with Gasteiger partial charge in [0.05, 0.1) is 6.54 Å². The highest BCUT2D eigenvalue weighted by molar-refractivity contribution is 4.58. The number of halogens is 1. The first kappa shape index (κ1) is 13.3. The normalized spacial score (nSPS) is 36.4. The Bertz CT molecular complexity index is 218. The van der Waals surface area contributed by atoms with E-state index in [2.05, 4.69) is 6.92 Å². The van der Waals surface area contributed by atoms with Crippen molar-refractivity contribution in [3.05, 3.63) is 0 Å². The van der Waals surface area contributed by atoms with Gasteiger partial charge in [0.2, 0.25) is 0 Å². The number of unbranched alkanes of at least 4 members (excludes halogenated alkanes) is 5. The fourth-order valence-electron chi connectivity index (χ4n) is 3.41. The molecule has 3 saturated heterocycles. The van der Waals surface area contributed by atoms with Gasteiger partial charge in [0.25, 0.3) is 0 Å². The lowest BCUT2D eigenvalue weighted by Crippen LogP contribution is -2.72. The van der Waals surface area contributed by atoms with Gasteiger partial charge in [-0.25, -0.2) is 0 Å². The van der Waals surface area contributed by atoms with Crippen molar-refractivity contribution in [1.29, 1.82) is 0 Å². The second-order valence-corrected chi connectivity index (χ2v) is 6.20. The van der Waals surface area contributed by atoms with E-state index in [0.29, 0.717) is 0 Å². The van der Waals surface area contributed by atoms with Crippen LogP contribution in [-0.2, 0) is 0 Å². The van der Waals surface area contributed by atoms with Gasteiger partial charge in [-0.15, -0.1) is 4.71 Å². The second-order valence-electron chi connectivity index (χ2n) is 6.20. The molecule has 0 aromatic carbocycles. The van der Waals surface area contributed by atoms with Gasteiger partial charge in [-0.2, -0.15) is 0 Å². The highest BCUT2D eigenvalue weighted by Gasteiger charge is 2.50. The number of quaternary nitrogens is 2. The number of fused-ring (bicyclic) bond motifs is 3. The van der Waals surface area contributed by atoms with Crippen LogP contribution in [-0.4, -0.2) is 55.0 Å². The van der Waals surface area contributed by atoms with Crippen LogP contribution in [0.3, 0.4) is 0 Å². The molecule has 2 nitrogen and oxygen atoms in total. The molecule has 3 fully saturated rings. The van der Waals surface area contributed by atoms with Crippen LogP contribution in [0.25, 0.3) is 0 Å². The third-order valence-corrected chi connectivity index (χ3v) is 4.91. The Morgan fingerprint density at radius 2 is 1.29 bits per heavy atom. The first-order valence-corrected chi connectivity index (χ1v) is 7.59. The van der Waals surface area contributed by atoms with E-state index in [9.17, 15) is 4.48 Å². The zero-order chi connectivity index (χ0) is 12.2. The SMILES string of the molecule is CCCCCCCC[N+]12CC[N+](F)(CC1)CC2. The number of hydrogen-bond acceptors (Lipinski definition) is 0. The summed E-state index contributed by atoms with van der Waals surface area (Å²) < 4.78 is 15.1. The van der Waals surface area contributed by atoms with Crippen LogP contribution in [0.4, 0.5) is 4.48 Å². The Hall–Kier alpha value is -0.150. The van der Waals surface area contributed by atoms with Crippen molar-refractivity contribution in [3.8, 4) is 0 Å². The van der Waals surface area contributed by atoms with Gasteiger partial charge in [-0.3, -0.25) is 0 Å². The summed E-state index contributed by atoms with van der Waals surface area (Å²) >= 11 is 0. The zero-order valence-corrected chi connectivity index (χ0v) is 11.5. The van der Waals surface area contributed by atoms with Gasteiger partial charge in [0.1, 0.15) is 19.6 Å². The summed E-state index contributed by atoms with van der Waals surface area (Å²) in [7, 11) is 0. The average molecular weight is 244 g/mol. The summed E-state index contributed by atoms with van der Waals surface area (Å²) in [4.78, 5) is 0. The van der Waals surface area contributed by atoms with Crippen molar-refractivity contribution in [2.75, 3.05) is 45.8 Å². The average Bonchev–Trinajstić information content (AvgIpc) is 2.36. The second kappa shape index (κ2) is 5.66. The van der Waals surface area contributed by atoms with E-state index in [1.54, 1.807) is 0 Å². The Morgan fingerprint density at radius 1 is 0.765 bits per heavy atom. The standard InChI is InChI=1S/C14H29FN2/c1-2-3-4-5-6-7-8-16-9-12-17(15,13-10-16)14-11-16/h2-14H2,1H3/q+2. The van der Waals surface area contributed by atoms with Gasteiger partial charge in [-0.05, 0) is 17.3 Å². The molecule has 3 heteroatoms. The van der Waals surface area contributed by atoms with Gasteiger partial charge in [0.15, 0.2) is 19.6 Å². The molecule has 0 aromatic rings. The molecule has 0 aromatic heterocycles. The molecule has 0 unspecified atom stereocenters. The van der Waals surface area contributed by atoms with Crippen LogP contribution in [0.15, 0.2) is 0 Å². The summed E-state index contributed by atoms with van der Waals surface area (Å²) in [6, 6.07) is 0. The van der Waals surface area contributed by atoms with Crippen molar-refractivity contribution in [1.82, 2.24) is 0 Å². The van der Waals surface area contributed by atoms with Crippen molar-refractivity contribution in [2.24, 2.45) is 0 Å². The first-order chi connectivity index (χ1) is 8.18. The number of rotatable bonds is 7. The summed E-state index contributed by atoms with van der Waals surface area (Å²) in [5.74, 6) is 0. The molecule has 0 amide bonds. The lowest BCUT2D eigenvalue weighted by molar-refractivity contribution is -1.15. The molecule has 17 heavy (non-hydrogen) atoms. The van der Waals surface area contributed by atoms with Crippen molar-refractivity contribution >= 4 is 0 Å². The Labute approximate surface area is 106 Å². The maximum absolute atomic E-state index is 14.0. The first-order valence-electron chi connectivity index (χ1n) is 7.59. The quantitative estimate of drug-likeness (QED) is 0.367. The van der Waals surface area contributed by atoms with Crippen LogP contribution in [0.5, 0.6) is 0 Å². The molecule has 3 aliphatic heterocycles. The Kier molecular flexibility index (Phi) is 4.42. The van der Waals surface area contributed by atoms with Crippen molar-refractivity contribution < 1.29 is 13.7 Å². The van der Waals surface area contributed by atoms with Crippen LogP contribution in [0.1, 0.15) is 45.4 Å². The lowest BCUT2D eigenvalue weighted by Gasteiger charge is -2.50. The summed E-state index contributed by atoms with van der Waals surface area (Å²) in [5, 5.41) is 0. The Balaban J connectivity index is 1.62. The smallest absolute Gasteiger partial charge is 0.164 e. The van der Waals surface area contributed by atoms with E-state index in [1.165, 1.54) is 49.6 Å². The van der Waals surface area contributed by atoms with E-state index in [4.69, 9.17) is 0 Å². The third kappa shape index (κ3) is 3.41. The topological polar surface area (TPSA) is 0 Å². The summed E-state index contributed by atoms with van der Waals surface area (Å²) in [6.45, 7) is 9.16. The predicted octanol–water partition coefficient (Wildman–Crippen LogP) is 2.89. The molecule has 0 atom stereocenters. The van der Waals surface area contributed by atoms with Crippen LogP contribution >= 0.6 is 0 Å². The molecule has 100 valence electrons. The molecule has 0 saturated carbocycles. The fourth-order valence-corrected chi connectivity index (χ4v) is 3.41. The molecule has 3 aliphatic rings. The van der Waals surface area contributed by atoms with E-state index in [0.717, 1.165) is 39.3 Å². The largest absolute Gasteiger partial charge is 0.309 e. The summed E-state index contributed by atoms with van der Waals surface area (Å²) in [5.41, 5.74) is 0. The number of hydrogen-bond donors (Lipinski definition) is 0. The highest BCUT2D eigenvalue weighted by atomic mass is 19.2. The van der Waals surface area contributed by atoms with E-state index >= 15 is 0 Å². The maximum atomic E-state index is 14.0. The van der Waals surface area contributed by atoms with Crippen LogP contribution in [0, 0.1) is 0 Å². The fraction of sp³-hybridized carbons (Fsp3) is 1.00. The van der Waals surface area contributed by atoms with Gasteiger partial charge in [-0.1, -0.05) is 32.6 Å². The van der Waals surface area contributed by atoms with E-state index in [1.807, 2.05) is 0 Å². The molecule has 3 heterocycles. The minimum atomic E-state index is -0.128. The highest BCUT2D eigenvalue weighted by Crippen LogP contribution is 2.27. The van der Waals surface area contributed by atoms with Gasteiger partial charge >= 0.3 is 0 Å². The maximum Gasteiger partial charge on any atom is 0.164 e. The predicted molar refractivity (Wildman–Crippen MR) is 69.1 cm³/mol. The van der Waals surface area contributed by atoms with Crippen LogP contribution in [0.2, 0.25) is 0 Å². The van der Waals surface area contributed by atoms with E-state index in [-0.39, 0.29) is 4.71 Å². The number of nitrogens with zero attached hydrogens (tertiary/aromatic N) is 2. The van der Waals surface area contributed by atoms with Crippen molar-refractivity contribution in [3.63, 3.8) is 0 Å². The number of piperazine rings is 3. The molecule has 0 radical (unpaired) electrons. The minimum Gasteiger partial charge on any atom is -0.309 e. The zero-order valence-electron chi connectivity index (χ0n) is 11.5. The molecular weight excluding hydrogens is 215 g/mol. The molecule has 3 rings (SSSR count). The van der Waals surface area contributed by atoms with E-state index < -0.39 is 0 Å². The van der Waals surface area contributed by atoms with Gasteiger partial charge < -0.3 is 4.48 Å². The third-order valence-electron chi connectivity index (χ3n) is 4.91. The van der Waals surface area contributed by atoms with Crippen molar-refractivity contribution in [2.45, 2.75) is 45.4 Å². The summed E-state index contributed by atoms with van der Waals surface area (Å²) in [6.07, 6.45) is 8.27. The van der Waals surface area contributed by atoms with Crippen LogP contribution < -0.4 is 0 Å².